The van der Waals surface area contributed by atoms with Crippen LogP contribution in [0.25, 0.3) is 0 Å². The molecule has 1 aromatic heterocycles. The lowest BCUT2D eigenvalue weighted by molar-refractivity contribution is -0.118. The van der Waals surface area contributed by atoms with Crippen molar-refractivity contribution in [3.8, 4) is 5.75 Å². The summed E-state index contributed by atoms with van der Waals surface area (Å²) in [6, 6.07) is 14.7. The van der Waals surface area contributed by atoms with Crippen molar-refractivity contribution in [1.29, 1.82) is 0 Å². The number of aromatic nitrogens is 1. The van der Waals surface area contributed by atoms with Gasteiger partial charge in [0.1, 0.15) is 5.75 Å². The van der Waals surface area contributed by atoms with Crippen molar-refractivity contribution in [3.63, 3.8) is 0 Å². The monoisotopic (exact) mass is 422 g/mol. The molecule has 0 unspecified atom stereocenters. The van der Waals surface area contributed by atoms with Gasteiger partial charge in [-0.3, -0.25) is 10.1 Å². The Labute approximate surface area is 183 Å². The van der Waals surface area contributed by atoms with Gasteiger partial charge >= 0.3 is 0 Å². The molecule has 0 radical (unpaired) electrons. The average Bonchev–Trinajstić information content (AvgIpc) is 3.13. The lowest BCUT2D eigenvalue weighted by Crippen LogP contribution is -2.22. The first kappa shape index (κ1) is 22.0. The van der Waals surface area contributed by atoms with Gasteiger partial charge in [0.15, 0.2) is 11.7 Å². The van der Waals surface area contributed by atoms with E-state index in [1.54, 1.807) is 0 Å². The molecule has 3 aromatic rings. The van der Waals surface area contributed by atoms with Gasteiger partial charge in [-0.05, 0) is 41.5 Å². The van der Waals surface area contributed by atoms with Crippen molar-refractivity contribution in [3.05, 3.63) is 75.8 Å². The minimum atomic E-state index is -0.205. The molecule has 0 saturated carbocycles. The summed E-state index contributed by atoms with van der Waals surface area (Å²) in [7, 11) is 0. The maximum atomic E-state index is 12.4. The summed E-state index contributed by atoms with van der Waals surface area (Å²) in [5.74, 6) is 0.544. The van der Waals surface area contributed by atoms with Crippen LogP contribution in [0.1, 0.15) is 54.8 Å². The maximum absolute atomic E-state index is 12.4. The number of nitrogens with zero attached hydrogens (tertiary/aromatic N) is 1. The van der Waals surface area contributed by atoms with Gasteiger partial charge in [0.05, 0.1) is 0 Å². The zero-order valence-electron chi connectivity index (χ0n) is 18.4. The van der Waals surface area contributed by atoms with Gasteiger partial charge in [0, 0.05) is 17.5 Å². The molecule has 5 heteroatoms. The van der Waals surface area contributed by atoms with Crippen molar-refractivity contribution in [1.82, 2.24) is 4.98 Å². The molecule has 0 aliphatic rings. The number of carbonyl (C=O) groups excluding carboxylic acids is 1. The van der Waals surface area contributed by atoms with Crippen LogP contribution < -0.4 is 10.1 Å². The van der Waals surface area contributed by atoms with Gasteiger partial charge in [-0.25, -0.2) is 4.98 Å². The average molecular weight is 423 g/mol. The lowest BCUT2D eigenvalue weighted by Gasteiger charge is -2.23. The number of thiazole rings is 1. The minimum Gasteiger partial charge on any atom is -0.483 e. The van der Waals surface area contributed by atoms with Gasteiger partial charge in [0.25, 0.3) is 5.91 Å². The Morgan fingerprint density at radius 3 is 2.47 bits per heavy atom. The van der Waals surface area contributed by atoms with Crippen molar-refractivity contribution >= 4 is 22.4 Å². The number of benzene rings is 2. The number of amides is 1. The van der Waals surface area contributed by atoms with Gasteiger partial charge in [0.2, 0.25) is 0 Å². The van der Waals surface area contributed by atoms with Crippen LogP contribution in [0.4, 0.5) is 5.13 Å². The number of rotatable bonds is 7. The van der Waals surface area contributed by atoms with Crippen LogP contribution in [-0.2, 0) is 23.1 Å². The predicted octanol–water partition coefficient (Wildman–Crippen LogP) is 5.92. The second kappa shape index (κ2) is 9.43. The van der Waals surface area contributed by atoms with Crippen LogP contribution >= 0.6 is 11.3 Å². The second-order valence-electron chi connectivity index (χ2n) is 8.57. The molecule has 0 bridgehead atoms. The van der Waals surface area contributed by atoms with E-state index in [-0.39, 0.29) is 17.9 Å². The van der Waals surface area contributed by atoms with E-state index in [1.807, 2.05) is 18.3 Å². The highest BCUT2D eigenvalue weighted by atomic mass is 32.1. The van der Waals surface area contributed by atoms with E-state index in [0.29, 0.717) is 5.13 Å². The third kappa shape index (κ3) is 5.92. The highest BCUT2D eigenvalue weighted by Gasteiger charge is 2.20. The summed E-state index contributed by atoms with van der Waals surface area (Å²) < 4.78 is 5.84. The molecule has 0 fully saturated rings. The normalized spacial score (nSPS) is 11.4. The molecule has 0 spiro atoms. The standard InChI is InChI=1S/C25H30N2O2S/c1-6-18-8-10-19(11-9-18)14-20-15-26-24(30-20)27-23(28)16-29-22-12-7-17(2)13-21(22)25(3,4)5/h7-13,15H,6,14,16H2,1-5H3,(H,26,27,28). The molecule has 0 atom stereocenters. The van der Waals surface area contributed by atoms with Crippen LogP contribution in [-0.4, -0.2) is 17.5 Å². The van der Waals surface area contributed by atoms with Crippen LogP contribution in [0.5, 0.6) is 5.75 Å². The van der Waals surface area contributed by atoms with E-state index in [9.17, 15) is 4.79 Å². The molecule has 0 aliphatic heterocycles. The Kier molecular flexibility index (Phi) is 6.93. The van der Waals surface area contributed by atoms with Crippen molar-refractivity contribution in [2.45, 2.75) is 52.9 Å². The Morgan fingerprint density at radius 1 is 1.10 bits per heavy atom. The van der Waals surface area contributed by atoms with Gasteiger partial charge in [-0.1, -0.05) is 69.7 Å². The molecule has 0 saturated heterocycles. The molecule has 4 nitrogen and oxygen atoms in total. The minimum absolute atomic E-state index is 0.0421. The first-order valence-corrected chi connectivity index (χ1v) is 11.1. The summed E-state index contributed by atoms with van der Waals surface area (Å²) in [4.78, 5) is 17.8. The Bertz CT molecular complexity index is 1000. The van der Waals surface area contributed by atoms with Gasteiger partial charge in [-0.2, -0.15) is 0 Å². The van der Waals surface area contributed by atoms with Crippen LogP contribution in [0, 0.1) is 6.92 Å². The quantitative estimate of drug-likeness (QED) is 0.514. The van der Waals surface area contributed by atoms with E-state index in [2.05, 4.69) is 75.3 Å². The summed E-state index contributed by atoms with van der Waals surface area (Å²) >= 11 is 1.50. The van der Waals surface area contributed by atoms with Gasteiger partial charge in [-0.15, -0.1) is 11.3 Å². The molecule has 2 aromatic carbocycles. The molecular weight excluding hydrogens is 392 g/mol. The first-order chi connectivity index (χ1) is 14.2. The largest absolute Gasteiger partial charge is 0.483 e. The summed E-state index contributed by atoms with van der Waals surface area (Å²) in [6.07, 6.45) is 3.68. The lowest BCUT2D eigenvalue weighted by atomic mass is 9.85. The van der Waals surface area contributed by atoms with Crippen LogP contribution in [0.3, 0.4) is 0 Å². The number of hydrogen-bond donors (Lipinski definition) is 1. The number of ether oxygens (including phenoxy) is 1. The maximum Gasteiger partial charge on any atom is 0.264 e. The van der Waals surface area contributed by atoms with Crippen molar-refractivity contribution in [2.24, 2.45) is 0 Å². The molecule has 30 heavy (non-hydrogen) atoms. The zero-order valence-corrected chi connectivity index (χ0v) is 19.2. The fourth-order valence-electron chi connectivity index (χ4n) is 3.20. The predicted molar refractivity (Wildman–Crippen MR) is 125 cm³/mol. The Hall–Kier alpha value is -2.66. The van der Waals surface area contributed by atoms with E-state index in [4.69, 9.17) is 4.74 Å². The number of aryl methyl sites for hydroxylation is 2. The fourth-order valence-corrected chi connectivity index (χ4v) is 4.06. The topological polar surface area (TPSA) is 51.2 Å². The Balaban J connectivity index is 1.57. The van der Waals surface area contributed by atoms with E-state index in [1.165, 1.54) is 28.0 Å². The highest BCUT2D eigenvalue weighted by Crippen LogP contribution is 2.32. The van der Waals surface area contributed by atoms with E-state index < -0.39 is 0 Å². The fraction of sp³-hybridized carbons (Fsp3) is 0.360. The number of carbonyl (C=O) groups is 1. The summed E-state index contributed by atoms with van der Waals surface area (Å²) in [5, 5.41) is 3.45. The zero-order chi connectivity index (χ0) is 21.7. The van der Waals surface area contributed by atoms with Crippen molar-refractivity contribution < 1.29 is 9.53 Å². The molecular formula is C25H30N2O2S. The van der Waals surface area contributed by atoms with Gasteiger partial charge < -0.3 is 4.74 Å². The van der Waals surface area contributed by atoms with Crippen LogP contribution in [0.15, 0.2) is 48.7 Å². The van der Waals surface area contributed by atoms with E-state index >= 15 is 0 Å². The smallest absolute Gasteiger partial charge is 0.264 e. The third-order valence-corrected chi connectivity index (χ3v) is 5.82. The summed E-state index contributed by atoms with van der Waals surface area (Å²) in [6.45, 7) is 10.6. The molecule has 1 amide bonds. The number of anilines is 1. The first-order valence-electron chi connectivity index (χ1n) is 10.3. The second-order valence-corrected chi connectivity index (χ2v) is 9.68. The molecule has 0 aliphatic carbocycles. The molecule has 3 rings (SSSR count). The molecule has 158 valence electrons. The van der Waals surface area contributed by atoms with Crippen molar-refractivity contribution in [2.75, 3.05) is 11.9 Å². The Morgan fingerprint density at radius 2 is 1.80 bits per heavy atom. The molecule has 1 N–H and O–H groups in total. The number of nitrogens with one attached hydrogen (secondary N) is 1. The third-order valence-electron chi connectivity index (χ3n) is 4.91. The molecule has 1 heterocycles. The van der Waals surface area contributed by atoms with E-state index in [0.717, 1.165) is 29.0 Å². The SMILES string of the molecule is CCc1ccc(Cc2cnc(NC(=O)COc3ccc(C)cc3C(C)(C)C)s2)cc1. The number of hydrogen-bond acceptors (Lipinski definition) is 4. The highest BCUT2D eigenvalue weighted by molar-refractivity contribution is 7.15. The van der Waals surface area contributed by atoms with Crippen LogP contribution in [0.2, 0.25) is 0 Å². The summed E-state index contributed by atoms with van der Waals surface area (Å²) in [5.41, 5.74) is 4.79.